The van der Waals surface area contributed by atoms with E-state index in [1.165, 1.54) is 0 Å². The number of carbonyl (C=O) groups excluding carboxylic acids is 1. The Morgan fingerprint density at radius 3 is 2.83 bits per heavy atom. The molecule has 2 atom stereocenters. The summed E-state index contributed by atoms with van der Waals surface area (Å²) in [5, 5.41) is 3.25. The third kappa shape index (κ3) is 3.31. The first-order valence-corrected chi connectivity index (χ1v) is 6.35. The molecule has 1 aromatic rings. The molecule has 1 saturated heterocycles. The summed E-state index contributed by atoms with van der Waals surface area (Å²) in [5.74, 6) is 0.879. The van der Waals surface area contributed by atoms with Gasteiger partial charge in [0.2, 0.25) is 0 Å². The van der Waals surface area contributed by atoms with Crippen molar-refractivity contribution >= 4 is 6.29 Å². The van der Waals surface area contributed by atoms with Crippen LogP contribution in [-0.2, 0) is 9.53 Å². The number of morpholine rings is 1. The molecule has 1 fully saturated rings. The number of hydrogen-bond acceptors (Lipinski definition) is 4. The lowest BCUT2D eigenvalue weighted by Crippen LogP contribution is -2.44. The van der Waals surface area contributed by atoms with E-state index >= 15 is 0 Å². The van der Waals surface area contributed by atoms with Crippen LogP contribution in [0.3, 0.4) is 0 Å². The van der Waals surface area contributed by atoms with Crippen LogP contribution in [0.4, 0.5) is 0 Å². The van der Waals surface area contributed by atoms with Gasteiger partial charge in [-0.3, -0.25) is 5.32 Å². The Morgan fingerprint density at radius 1 is 1.39 bits per heavy atom. The number of benzene rings is 1. The number of hydrogen-bond donors (Lipinski definition) is 1. The van der Waals surface area contributed by atoms with E-state index in [0.717, 1.165) is 30.6 Å². The third-order valence-corrected chi connectivity index (χ3v) is 2.92. The summed E-state index contributed by atoms with van der Waals surface area (Å²) >= 11 is 0. The molecule has 0 aliphatic carbocycles. The van der Waals surface area contributed by atoms with Gasteiger partial charge in [-0.15, -0.1) is 0 Å². The molecule has 2 rings (SSSR count). The minimum atomic E-state index is -0.209. The summed E-state index contributed by atoms with van der Waals surface area (Å²) in [6.07, 6.45) is 1.89. The second-order valence-electron chi connectivity index (χ2n) is 4.42. The highest BCUT2D eigenvalue weighted by molar-refractivity contribution is 5.58. The van der Waals surface area contributed by atoms with Crippen LogP contribution in [0.5, 0.6) is 5.75 Å². The zero-order valence-electron chi connectivity index (χ0n) is 10.6. The van der Waals surface area contributed by atoms with E-state index < -0.39 is 0 Å². The fourth-order valence-electron chi connectivity index (χ4n) is 1.95. The molecule has 1 aliphatic rings. The van der Waals surface area contributed by atoms with Gasteiger partial charge in [0.25, 0.3) is 0 Å². The summed E-state index contributed by atoms with van der Waals surface area (Å²) in [6.45, 7) is 3.87. The molecule has 4 heteroatoms. The Balaban J connectivity index is 1.98. The molecule has 0 spiro atoms. The molecule has 0 radical (unpaired) electrons. The number of nitrogens with one attached hydrogen (secondary N) is 1. The largest absolute Gasteiger partial charge is 0.494 e. The van der Waals surface area contributed by atoms with Crippen molar-refractivity contribution in [1.29, 1.82) is 0 Å². The molecule has 4 nitrogen and oxygen atoms in total. The predicted octanol–water partition coefficient (Wildman–Crippen LogP) is 1.70. The first kappa shape index (κ1) is 13.1. The van der Waals surface area contributed by atoms with E-state index in [9.17, 15) is 4.79 Å². The van der Waals surface area contributed by atoms with Crippen LogP contribution in [0.2, 0.25) is 0 Å². The molecule has 98 valence electrons. The van der Waals surface area contributed by atoms with E-state index in [1.807, 2.05) is 24.3 Å². The van der Waals surface area contributed by atoms with Gasteiger partial charge in [0, 0.05) is 0 Å². The Morgan fingerprint density at radius 2 is 2.17 bits per heavy atom. The number of aldehydes is 1. The van der Waals surface area contributed by atoms with Crippen LogP contribution in [0.1, 0.15) is 24.9 Å². The molecule has 1 heterocycles. The molecule has 0 bridgehead atoms. The number of rotatable bonds is 5. The lowest BCUT2D eigenvalue weighted by Gasteiger charge is -2.28. The predicted molar refractivity (Wildman–Crippen MR) is 68.8 cm³/mol. The van der Waals surface area contributed by atoms with Gasteiger partial charge < -0.3 is 14.3 Å². The Bertz CT molecular complexity index is 377. The topological polar surface area (TPSA) is 47.6 Å². The second-order valence-corrected chi connectivity index (χ2v) is 4.42. The average Bonchev–Trinajstić information content (AvgIpc) is 2.46. The van der Waals surface area contributed by atoms with Crippen molar-refractivity contribution < 1.29 is 14.3 Å². The van der Waals surface area contributed by atoms with Crippen molar-refractivity contribution in [1.82, 2.24) is 5.32 Å². The van der Waals surface area contributed by atoms with Gasteiger partial charge in [0.1, 0.15) is 12.0 Å². The molecule has 18 heavy (non-hydrogen) atoms. The quantitative estimate of drug-likeness (QED) is 0.807. The van der Waals surface area contributed by atoms with E-state index in [0.29, 0.717) is 13.2 Å². The van der Waals surface area contributed by atoms with Crippen LogP contribution in [-0.4, -0.2) is 32.1 Å². The van der Waals surface area contributed by atoms with Crippen molar-refractivity contribution in [2.75, 3.05) is 19.8 Å². The van der Waals surface area contributed by atoms with Gasteiger partial charge in [-0.05, 0) is 24.1 Å². The maximum absolute atomic E-state index is 10.7. The lowest BCUT2D eigenvalue weighted by atomic mass is 10.1. The Hall–Kier alpha value is -1.39. The van der Waals surface area contributed by atoms with Crippen molar-refractivity contribution in [3.8, 4) is 5.75 Å². The Labute approximate surface area is 107 Å². The fraction of sp³-hybridized carbons (Fsp3) is 0.500. The Kier molecular flexibility index (Phi) is 4.73. The molecule has 1 aliphatic heterocycles. The summed E-state index contributed by atoms with van der Waals surface area (Å²) in [7, 11) is 0. The zero-order valence-corrected chi connectivity index (χ0v) is 10.6. The second kappa shape index (κ2) is 6.52. The van der Waals surface area contributed by atoms with Gasteiger partial charge >= 0.3 is 0 Å². The van der Waals surface area contributed by atoms with E-state index in [1.54, 1.807) is 0 Å². The monoisotopic (exact) mass is 249 g/mol. The van der Waals surface area contributed by atoms with Crippen LogP contribution >= 0.6 is 0 Å². The zero-order chi connectivity index (χ0) is 12.8. The lowest BCUT2D eigenvalue weighted by molar-refractivity contribution is -0.112. The van der Waals surface area contributed by atoms with Gasteiger partial charge in [0.05, 0.1) is 31.9 Å². The van der Waals surface area contributed by atoms with Crippen LogP contribution < -0.4 is 10.1 Å². The average molecular weight is 249 g/mol. The summed E-state index contributed by atoms with van der Waals surface area (Å²) in [5.41, 5.74) is 1.12. The standard InChI is InChI=1S/C14H19NO3/c1-2-7-18-13-5-3-11(4-6-13)14-10-17-9-12(8-16)15-14/h3-6,8,12,14-15H,2,7,9-10H2,1H3/t12?,14-/m1/s1. The highest BCUT2D eigenvalue weighted by Crippen LogP contribution is 2.20. The highest BCUT2D eigenvalue weighted by atomic mass is 16.5. The molecular weight excluding hydrogens is 230 g/mol. The van der Waals surface area contributed by atoms with E-state index in [2.05, 4.69) is 12.2 Å². The molecule has 1 N–H and O–H groups in total. The van der Waals surface area contributed by atoms with Gasteiger partial charge in [-0.25, -0.2) is 0 Å². The first-order valence-electron chi connectivity index (χ1n) is 6.35. The summed E-state index contributed by atoms with van der Waals surface area (Å²) < 4.78 is 10.9. The SMILES string of the molecule is CCCOc1ccc([C@H]2COCC(C=O)N2)cc1. The van der Waals surface area contributed by atoms with Crippen LogP contribution in [0.15, 0.2) is 24.3 Å². The van der Waals surface area contributed by atoms with E-state index in [-0.39, 0.29) is 12.1 Å². The summed E-state index contributed by atoms with van der Waals surface area (Å²) in [6, 6.07) is 7.81. The number of carbonyl (C=O) groups is 1. The normalized spacial score (nSPS) is 23.6. The maximum atomic E-state index is 10.7. The first-order chi connectivity index (χ1) is 8.83. The van der Waals surface area contributed by atoms with Crippen molar-refractivity contribution in [3.63, 3.8) is 0 Å². The molecular formula is C14H19NO3. The number of ether oxygens (including phenoxy) is 2. The molecule has 0 aromatic heterocycles. The fourth-order valence-corrected chi connectivity index (χ4v) is 1.95. The van der Waals surface area contributed by atoms with E-state index in [4.69, 9.17) is 9.47 Å². The molecule has 1 unspecified atom stereocenters. The van der Waals surface area contributed by atoms with Gasteiger partial charge in [-0.2, -0.15) is 0 Å². The van der Waals surface area contributed by atoms with Crippen LogP contribution in [0, 0.1) is 0 Å². The molecule has 1 aromatic carbocycles. The minimum Gasteiger partial charge on any atom is -0.494 e. The van der Waals surface area contributed by atoms with Crippen molar-refractivity contribution in [2.45, 2.75) is 25.4 Å². The maximum Gasteiger partial charge on any atom is 0.139 e. The smallest absolute Gasteiger partial charge is 0.139 e. The van der Waals surface area contributed by atoms with Crippen molar-refractivity contribution in [2.24, 2.45) is 0 Å². The third-order valence-electron chi connectivity index (χ3n) is 2.92. The molecule has 0 saturated carbocycles. The van der Waals surface area contributed by atoms with Crippen molar-refractivity contribution in [3.05, 3.63) is 29.8 Å². The minimum absolute atomic E-state index is 0.0779. The van der Waals surface area contributed by atoms with Crippen LogP contribution in [0.25, 0.3) is 0 Å². The van der Waals surface area contributed by atoms with Gasteiger partial charge in [0.15, 0.2) is 0 Å². The van der Waals surface area contributed by atoms with Gasteiger partial charge in [-0.1, -0.05) is 19.1 Å². The highest BCUT2D eigenvalue weighted by Gasteiger charge is 2.22. The molecule has 0 amide bonds. The summed E-state index contributed by atoms with van der Waals surface area (Å²) in [4.78, 5) is 10.7.